The number of aromatic nitrogens is 3. The van der Waals surface area contributed by atoms with Crippen LogP contribution in [0.3, 0.4) is 0 Å². The van der Waals surface area contributed by atoms with Gasteiger partial charge in [-0.05, 0) is 50.1 Å². The van der Waals surface area contributed by atoms with E-state index in [4.69, 9.17) is 0 Å². The van der Waals surface area contributed by atoms with Crippen molar-refractivity contribution >= 4 is 22.7 Å². The van der Waals surface area contributed by atoms with Crippen LogP contribution < -0.4 is 5.32 Å². The van der Waals surface area contributed by atoms with Crippen molar-refractivity contribution in [3.63, 3.8) is 0 Å². The summed E-state index contributed by atoms with van der Waals surface area (Å²) in [5, 5.41) is 10.8. The van der Waals surface area contributed by atoms with Gasteiger partial charge in [-0.3, -0.25) is 14.7 Å². The highest BCUT2D eigenvalue weighted by molar-refractivity contribution is 5.98. The number of allylic oxidation sites excluding steroid dienone is 4. The van der Waals surface area contributed by atoms with Crippen molar-refractivity contribution in [1.29, 1.82) is 0 Å². The number of carbonyl (C=O) groups excluding carboxylic acids is 2. The second-order valence-corrected chi connectivity index (χ2v) is 7.95. The standard InChI is InChI=1S/C26H31N5O2/c1-5-7-9-19(6-2)16-22(13-14-27-25(32)24-10-8-15-30(24)3)31(4)26(33)20-11-12-23-21(17-20)18-28-29-23/h5-12,15,17-18,22H,1,13-14,16H2,2-4H3,(H,27,32)(H,28,29)/b9-7-,19-6+/t22-/m1/s1. The second-order valence-electron chi connectivity index (χ2n) is 7.95. The Labute approximate surface area is 194 Å². The molecule has 2 N–H and O–H groups in total. The van der Waals surface area contributed by atoms with E-state index in [2.05, 4.69) is 22.1 Å². The lowest BCUT2D eigenvalue weighted by Gasteiger charge is -2.29. The van der Waals surface area contributed by atoms with Crippen LogP contribution in [0, 0.1) is 0 Å². The molecule has 0 radical (unpaired) electrons. The van der Waals surface area contributed by atoms with E-state index in [-0.39, 0.29) is 17.9 Å². The van der Waals surface area contributed by atoms with E-state index in [1.165, 1.54) is 0 Å². The molecule has 3 rings (SSSR count). The van der Waals surface area contributed by atoms with Crippen molar-refractivity contribution in [3.8, 4) is 0 Å². The quantitative estimate of drug-likeness (QED) is 0.458. The minimum absolute atomic E-state index is 0.0694. The molecule has 0 spiro atoms. The molecule has 0 saturated carbocycles. The summed E-state index contributed by atoms with van der Waals surface area (Å²) in [5.41, 5.74) is 3.19. The van der Waals surface area contributed by atoms with Crippen LogP contribution in [-0.2, 0) is 7.05 Å². The number of benzene rings is 1. The van der Waals surface area contributed by atoms with Gasteiger partial charge in [0.15, 0.2) is 0 Å². The zero-order valence-electron chi connectivity index (χ0n) is 19.4. The first-order valence-electron chi connectivity index (χ1n) is 11.0. The van der Waals surface area contributed by atoms with Crippen molar-refractivity contribution in [2.75, 3.05) is 13.6 Å². The highest BCUT2D eigenvalue weighted by Gasteiger charge is 2.22. The summed E-state index contributed by atoms with van der Waals surface area (Å²) in [6, 6.07) is 9.04. The van der Waals surface area contributed by atoms with Crippen LogP contribution in [0.4, 0.5) is 0 Å². The first-order chi connectivity index (χ1) is 15.9. The van der Waals surface area contributed by atoms with Crippen LogP contribution in [0.15, 0.2) is 79.2 Å². The molecule has 7 nitrogen and oxygen atoms in total. The number of carbonyl (C=O) groups is 2. The summed E-state index contributed by atoms with van der Waals surface area (Å²) in [6.45, 7) is 6.17. The Morgan fingerprint density at radius 1 is 1.33 bits per heavy atom. The molecule has 0 aliphatic rings. The van der Waals surface area contributed by atoms with Gasteiger partial charge in [0.1, 0.15) is 5.69 Å². The molecule has 0 fully saturated rings. The van der Waals surface area contributed by atoms with Crippen LogP contribution in [0.5, 0.6) is 0 Å². The van der Waals surface area contributed by atoms with Crippen LogP contribution >= 0.6 is 0 Å². The predicted molar refractivity (Wildman–Crippen MR) is 132 cm³/mol. The zero-order valence-corrected chi connectivity index (χ0v) is 19.4. The molecule has 2 amide bonds. The number of amides is 2. The first kappa shape index (κ1) is 23.8. The molecule has 0 unspecified atom stereocenters. The van der Waals surface area contributed by atoms with E-state index in [1.807, 2.05) is 69.7 Å². The third-order valence-electron chi connectivity index (χ3n) is 5.78. The van der Waals surface area contributed by atoms with Gasteiger partial charge >= 0.3 is 0 Å². The molecule has 1 atom stereocenters. The zero-order chi connectivity index (χ0) is 23.8. The Hall–Kier alpha value is -3.87. The fraction of sp³-hybridized carbons (Fsp3) is 0.269. The van der Waals surface area contributed by atoms with Gasteiger partial charge < -0.3 is 14.8 Å². The highest BCUT2D eigenvalue weighted by atomic mass is 16.2. The summed E-state index contributed by atoms with van der Waals surface area (Å²) < 4.78 is 1.78. The van der Waals surface area contributed by atoms with Crippen LogP contribution in [0.1, 0.15) is 40.6 Å². The number of fused-ring (bicyclic) bond motifs is 1. The number of nitrogens with zero attached hydrogens (tertiary/aromatic N) is 3. The van der Waals surface area contributed by atoms with Crippen molar-refractivity contribution in [2.45, 2.75) is 25.8 Å². The van der Waals surface area contributed by atoms with Crippen molar-refractivity contribution < 1.29 is 9.59 Å². The fourth-order valence-corrected chi connectivity index (χ4v) is 3.76. The summed E-state index contributed by atoms with van der Waals surface area (Å²) >= 11 is 0. The van der Waals surface area contributed by atoms with Gasteiger partial charge in [-0.2, -0.15) is 5.10 Å². The number of H-pyrrole nitrogens is 1. The van der Waals surface area contributed by atoms with Crippen molar-refractivity contribution in [1.82, 2.24) is 25.0 Å². The molecule has 0 aliphatic carbocycles. The van der Waals surface area contributed by atoms with Gasteiger partial charge in [-0.25, -0.2) is 0 Å². The number of aromatic amines is 1. The number of hydrogen-bond donors (Lipinski definition) is 2. The number of hydrogen-bond acceptors (Lipinski definition) is 3. The molecule has 0 bridgehead atoms. The topological polar surface area (TPSA) is 83.0 Å². The summed E-state index contributed by atoms with van der Waals surface area (Å²) in [6.07, 6.45) is 12.5. The molecule has 2 aromatic heterocycles. The minimum atomic E-state index is -0.126. The van der Waals surface area contributed by atoms with Gasteiger partial charge in [0, 0.05) is 43.8 Å². The molecule has 0 saturated heterocycles. The fourth-order valence-electron chi connectivity index (χ4n) is 3.76. The summed E-state index contributed by atoms with van der Waals surface area (Å²) in [4.78, 5) is 27.6. The van der Waals surface area contributed by atoms with E-state index in [1.54, 1.807) is 27.8 Å². The lowest BCUT2D eigenvalue weighted by atomic mass is 10.00. The lowest BCUT2D eigenvalue weighted by molar-refractivity contribution is 0.0723. The molecular formula is C26H31N5O2. The molecule has 1 aromatic carbocycles. The molecule has 7 heteroatoms. The van der Waals surface area contributed by atoms with E-state index in [0.717, 1.165) is 16.5 Å². The van der Waals surface area contributed by atoms with Gasteiger partial charge in [0.2, 0.25) is 0 Å². The number of aryl methyl sites for hydroxylation is 1. The Bertz CT molecular complexity index is 1180. The maximum atomic E-state index is 13.3. The Morgan fingerprint density at radius 3 is 2.85 bits per heavy atom. The van der Waals surface area contributed by atoms with Gasteiger partial charge in [0.05, 0.1) is 11.7 Å². The Morgan fingerprint density at radius 2 is 2.15 bits per heavy atom. The number of rotatable bonds is 10. The smallest absolute Gasteiger partial charge is 0.267 e. The lowest BCUT2D eigenvalue weighted by Crippen LogP contribution is -2.40. The van der Waals surface area contributed by atoms with Gasteiger partial charge in [-0.15, -0.1) is 0 Å². The second kappa shape index (κ2) is 11.1. The Balaban J connectivity index is 1.74. The normalized spacial score (nSPS) is 12.8. The Kier molecular flexibility index (Phi) is 8.02. The molecule has 33 heavy (non-hydrogen) atoms. The third kappa shape index (κ3) is 5.88. The van der Waals surface area contributed by atoms with Crippen LogP contribution in [0.25, 0.3) is 10.9 Å². The highest BCUT2D eigenvalue weighted by Crippen LogP contribution is 2.20. The first-order valence-corrected chi connectivity index (χ1v) is 11.0. The number of nitrogens with one attached hydrogen (secondary N) is 2. The summed E-state index contributed by atoms with van der Waals surface area (Å²) in [5.74, 6) is -0.196. The van der Waals surface area contributed by atoms with E-state index >= 15 is 0 Å². The van der Waals surface area contributed by atoms with Crippen LogP contribution in [-0.4, -0.2) is 51.1 Å². The molecular weight excluding hydrogens is 414 g/mol. The predicted octanol–water partition coefficient (Wildman–Crippen LogP) is 4.24. The van der Waals surface area contributed by atoms with E-state index in [9.17, 15) is 9.59 Å². The largest absolute Gasteiger partial charge is 0.351 e. The average Bonchev–Trinajstić information content (AvgIpc) is 3.47. The summed E-state index contributed by atoms with van der Waals surface area (Å²) in [7, 11) is 3.65. The SMILES string of the molecule is C=C/C=C\C(=C/C)C[C@@H](CCNC(=O)c1cccn1C)N(C)C(=O)c1ccc2[nH]ncc2c1. The van der Waals surface area contributed by atoms with Crippen molar-refractivity contribution in [2.24, 2.45) is 7.05 Å². The molecule has 2 heterocycles. The van der Waals surface area contributed by atoms with Crippen molar-refractivity contribution in [3.05, 3.63) is 90.4 Å². The van der Waals surface area contributed by atoms with Gasteiger partial charge in [-0.1, -0.05) is 36.5 Å². The molecule has 0 aliphatic heterocycles. The monoisotopic (exact) mass is 445 g/mol. The maximum Gasteiger partial charge on any atom is 0.267 e. The molecule has 172 valence electrons. The minimum Gasteiger partial charge on any atom is -0.351 e. The average molecular weight is 446 g/mol. The third-order valence-corrected chi connectivity index (χ3v) is 5.78. The van der Waals surface area contributed by atoms with E-state index in [0.29, 0.717) is 30.6 Å². The maximum absolute atomic E-state index is 13.3. The molecule has 3 aromatic rings. The van der Waals surface area contributed by atoms with Crippen LogP contribution in [0.2, 0.25) is 0 Å². The van der Waals surface area contributed by atoms with Gasteiger partial charge in [0.25, 0.3) is 11.8 Å². The van der Waals surface area contributed by atoms with E-state index < -0.39 is 0 Å².